The molecule has 0 aliphatic carbocycles. The fraction of sp³-hybridized carbons (Fsp3) is 0.250. The molecule has 1 aromatic heterocycles. The minimum absolute atomic E-state index is 1.34. The van der Waals surface area contributed by atoms with Gasteiger partial charge in [-0.15, -0.1) is 11.3 Å². The van der Waals surface area contributed by atoms with Gasteiger partial charge in [-0.3, -0.25) is 0 Å². The van der Waals surface area contributed by atoms with Gasteiger partial charge >= 0.3 is 0 Å². The van der Waals surface area contributed by atoms with Gasteiger partial charge in [0.05, 0.1) is 0 Å². The average molecular weight is 138 g/mol. The number of aryl methyl sites for hydroxylation is 1. The Morgan fingerprint density at radius 1 is 1.44 bits per heavy atom. The smallest absolute Gasteiger partial charge is 0.0269 e. The maximum atomic E-state index is 2.14. The van der Waals surface area contributed by atoms with Gasteiger partial charge in [0.1, 0.15) is 0 Å². The van der Waals surface area contributed by atoms with E-state index < -0.39 is 0 Å². The van der Waals surface area contributed by atoms with Crippen molar-refractivity contribution in [1.29, 1.82) is 0 Å². The van der Waals surface area contributed by atoms with E-state index in [1.807, 2.05) is 18.3 Å². The van der Waals surface area contributed by atoms with Crippen molar-refractivity contribution < 1.29 is 0 Å². The van der Waals surface area contributed by atoms with Crippen LogP contribution in [0.4, 0.5) is 0 Å². The second-order valence-corrected chi connectivity index (χ2v) is 3.27. The fourth-order valence-corrected chi connectivity index (χ4v) is 1.56. The Balaban J connectivity index is 2.85. The lowest BCUT2D eigenvalue weighted by Gasteiger charge is -1.77. The van der Waals surface area contributed by atoms with Crippen LogP contribution in [-0.2, 0) is 0 Å². The number of hydrogen-bond acceptors (Lipinski definition) is 1. The maximum absolute atomic E-state index is 2.14. The van der Waals surface area contributed by atoms with Crippen LogP contribution in [0.3, 0.4) is 0 Å². The molecule has 9 heavy (non-hydrogen) atoms. The number of thiophene rings is 1. The summed E-state index contributed by atoms with van der Waals surface area (Å²) in [6.07, 6.45) is 4.18. The molecule has 1 rings (SSSR count). The molecule has 0 nitrogen and oxygen atoms in total. The summed E-state index contributed by atoms with van der Waals surface area (Å²) in [5.41, 5.74) is 0. The van der Waals surface area contributed by atoms with E-state index in [0.717, 1.165) is 0 Å². The Morgan fingerprint density at radius 3 is 2.67 bits per heavy atom. The molecule has 1 aromatic rings. The van der Waals surface area contributed by atoms with Crippen LogP contribution in [0.5, 0.6) is 0 Å². The molecule has 0 N–H and O–H groups in total. The van der Waals surface area contributed by atoms with E-state index in [9.17, 15) is 0 Å². The molecule has 0 spiro atoms. The maximum Gasteiger partial charge on any atom is 0.0269 e. The van der Waals surface area contributed by atoms with Crippen LogP contribution in [-0.4, -0.2) is 0 Å². The zero-order chi connectivity index (χ0) is 6.69. The Labute approximate surface area is 59.8 Å². The van der Waals surface area contributed by atoms with Crippen LogP contribution in [0, 0.1) is 6.92 Å². The van der Waals surface area contributed by atoms with Crippen molar-refractivity contribution in [2.45, 2.75) is 13.8 Å². The highest BCUT2D eigenvalue weighted by molar-refractivity contribution is 7.12. The highest BCUT2D eigenvalue weighted by atomic mass is 32.1. The minimum atomic E-state index is 1.34. The Kier molecular flexibility index (Phi) is 2.06. The van der Waals surface area contributed by atoms with Crippen molar-refractivity contribution in [3.63, 3.8) is 0 Å². The predicted molar refractivity (Wildman–Crippen MR) is 43.8 cm³/mol. The first kappa shape index (κ1) is 6.56. The molecule has 0 fully saturated rings. The van der Waals surface area contributed by atoms with Gasteiger partial charge in [-0.1, -0.05) is 6.08 Å². The lowest BCUT2D eigenvalue weighted by Crippen LogP contribution is -1.50. The first-order valence-electron chi connectivity index (χ1n) is 3.02. The Morgan fingerprint density at radius 2 is 2.22 bits per heavy atom. The van der Waals surface area contributed by atoms with Crippen LogP contribution in [0.1, 0.15) is 16.7 Å². The van der Waals surface area contributed by atoms with E-state index in [0.29, 0.717) is 0 Å². The number of hydrogen-bond donors (Lipinski definition) is 0. The summed E-state index contributed by atoms with van der Waals surface area (Å²) in [5, 5.41) is 0. The normalized spacial score (nSPS) is 10.9. The molecule has 1 heterocycles. The minimum Gasteiger partial charge on any atom is -0.141 e. The summed E-state index contributed by atoms with van der Waals surface area (Å²) in [6.45, 7) is 4.16. The predicted octanol–water partition coefficient (Wildman–Crippen LogP) is 3.09. The SMILES string of the molecule is C/C=C\c1ccc(C)s1. The topological polar surface area (TPSA) is 0 Å². The fourth-order valence-electron chi connectivity index (χ4n) is 0.707. The Bertz CT molecular complexity index is 208. The highest BCUT2D eigenvalue weighted by Crippen LogP contribution is 2.15. The van der Waals surface area contributed by atoms with E-state index >= 15 is 0 Å². The van der Waals surface area contributed by atoms with E-state index in [1.165, 1.54) is 9.75 Å². The van der Waals surface area contributed by atoms with Crippen LogP contribution in [0.15, 0.2) is 18.2 Å². The molecule has 0 bridgehead atoms. The second-order valence-electron chi connectivity index (χ2n) is 1.95. The summed E-state index contributed by atoms with van der Waals surface area (Å²) in [4.78, 5) is 2.72. The molecule has 0 saturated heterocycles. The Hall–Kier alpha value is -0.560. The molecular weight excluding hydrogens is 128 g/mol. The zero-order valence-electron chi connectivity index (χ0n) is 5.72. The quantitative estimate of drug-likeness (QED) is 0.559. The third-order valence-corrected chi connectivity index (χ3v) is 2.06. The third kappa shape index (κ3) is 1.68. The van der Waals surface area contributed by atoms with Crippen LogP contribution in [0.25, 0.3) is 6.08 Å². The van der Waals surface area contributed by atoms with Gasteiger partial charge in [-0.25, -0.2) is 0 Å². The number of allylic oxidation sites excluding steroid dienone is 1. The van der Waals surface area contributed by atoms with E-state index in [-0.39, 0.29) is 0 Å². The summed E-state index contributed by atoms with van der Waals surface area (Å²) in [6, 6.07) is 4.28. The molecule has 0 unspecified atom stereocenters. The summed E-state index contributed by atoms with van der Waals surface area (Å²) < 4.78 is 0. The summed E-state index contributed by atoms with van der Waals surface area (Å²) in [5.74, 6) is 0. The second kappa shape index (κ2) is 2.83. The summed E-state index contributed by atoms with van der Waals surface area (Å²) >= 11 is 1.83. The van der Waals surface area contributed by atoms with Crippen LogP contribution >= 0.6 is 11.3 Å². The molecule has 0 saturated carbocycles. The van der Waals surface area contributed by atoms with Crippen molar-refractivity contribution in [3.05, 3.63) is 28.0 Å². The van der Waals surface area contributed by atoms with E-state index in [1.54, 1.807) is 0 Å². The molecule has 0 radical (unpaired) electrons. The summed E-state index contributed by atoms with van der Waals surface area (Å²) in [7, 11) is 0. The molecule has 0 aliphatic heterocycles. The molecule has 48 valence electrons. The van der Waals surface area contributed by atoms with Gasteiger partial charge in [0, 0.05) is 9.75 Å². The van der Waals surface area contributed by atoms with E-state index in [4.69, 9.17) is 0 Å². The zero-order valence-corrected chi connectivity index (χ0v) is 6.53. The highest BCUT2D eigenvalue weighted by Gasteiger charge is 1.87. The molecule has 0 aromatic carbocycles. The van der Waals surface area contributed by atoms with Crippen molar-refractivity contribution in [2.75, 3.05) is 0 Å². The molecular formula is C8H10S. The number of rotatable bonds is 1. The molecule has 0 amide bonds. The monoisotopic (exact) mass is 138 g/mol. The van der Waals surface area contributed by atoms with Crippen LogP contribution < -0.4 is 0 Å². The van der Waals surface area contributed by atoms with Gasteiger partial charge in [0.2, 0.25) is 0 Å². The van der Waals surface area contributed by atoms with Gasteiger partial charge in [-0.05, 0) is 32.1 Å². The van der Waals surface area contributed by atoms with Crippen LogP contribution in [0.2, 0.25) is 0 Å². The lowest BCUT2D eigenvalue weighted by atomic mass is 10.4. The first-order chi connectivity index (χ1) is 4.33. The third-order valence-electron chi connectivity index (χ3n) is 1.09. The molecule has 1 heteroatoms. The molecule has 0 atom stereocenters. The van der Waals surface area contributed by atoms with Gasteiger partial charge < -0.3 is 0 Å². The van der Waals surface area contributed by atoms with Gasteiger partial charge in [0.15, 0.2) is 0 Å². The largest absolute Gasteiger partial charge is 0.141 e. The van der Waals surface area contributed by atoms with Crippen molar-refractivity contribution in [1.82, 2.24) is 0 Å². The lowest BCUT2D eigenvalue weighted by molar-refractivity contribution is 1.64. The standard InChI is InChI=1S/C8H10S/c1-3-4-8-6-5-7(2)9-8/h3-6H,1-2H3/b4-3-. The van der Waals surface area contributed by atoms with Crippen molar-refractivity contribution in [2.24, 2.45) is 0 Å². The van der Waals surface area contributed by atoms with E-state index in [2.05, 4.69) is 31.2 Å². The average Bonchev–Trinajstić information content (AvgIpc) is 2.17. The first-order valence-corrected chi connectivity index (χ1v) is 3.83. The van der Waals surface area contributed by atoms with Crippen molar-refractivity contribution >= 4 is 17.4 Å². The van der Waals surface area contributed by atoms with Gasteiger partial charge in [0.25, 0.3) is 0 Å². The molecule has 0 aliphatic rings. The van der Waals surface area contributed by atoms with Crippen molar-refractivity contribution in [3.8, 4) is 0 Å². The van der Waals surface area contributed by atoms with Gasteiger partial charge in [-0.2, -0.15) is 0 Å².